The van der Waals surface area contributed by atoms with E-state index in [0.717, 1.165) is 19.3 Å². The Hall–Kier alpha value is -1.80. The molecule has 0 saturated heterocycles. The van der Waals surface area contributed by atoms with E-state index in [0.29, 0.717) is 17.9 Å². The van der Waals surface area contributed by atoms with Crippen molar-refractivity contribution in [3.63, 3.8) is 0 Å². The summed E-state index contributed by atoms with van der Waals surface area (Å²) in [7, 11) is -3.58. The molecule has 1 aromatic carbocycles. The number of aromatic amines is 1. The van der Waals surface area contributed by atoms with Crippen LogP contribution >= 0.6 is 0 Å². The zero-order valence-corrected chi connectivity index (χ0v) is 14.8. The van der Waals surface area contributed by atoms with Gasteiger partial charge < -0.3 is 0 Å². The number of tetrazole rings is 1. The van der Waals surface area contributed by atoms with Crippen LogP contribution in [0.4, 0.5) is 0 Å². The number of nitrogens with zero attached hydrogens (tertiary/aromatic N) is 3. The molecule has 0 aliphatic heterocycles. The zero-order chi connectivity index (χ0) is 17.3. The maximum absolute atomic E-state index is 12.5. The Labute approximate surface area is 143 Å². The molecule has 24 heavy (non-hydrogen) atoms. The fourth-order valence-corrected chi connectivity index (χ4v) is 3.82. The summed E-state index contributed by atoms with van der Waals surface area (Å²) in [5.74, 6) is 0.340. The van der Waals surface area contributed by atoms with E-state index in [2.05, 4.69) is 32.3 Å². The molecule has 0 amide bonds. The molecule has 0 aliphatic rings. The molecule has 0 saturated carbocycles. The summed E-state index contributed by atoms with van der Waals surface area (Å²) in [6.45, 7) is 2.64. The molecule has 0 radical (unpaired) electrons. The van der Waals surface area contributed by atoms with E-state index in [1.807, 2.05) is 0 Å². The highest BCUT2D eigenvalue weighted by Gasteiger charge is 2.20. The second-order valence-corrected chi connectivity index (χ2v) is 7.50. The van der Waals surface area contributed by atoms with Crippen molar-refractivity contribution in [1.82, 2.24) is 25.3 Å². The normalized spacial score (nSPS) is 11.7. The molecule has 0 unspecified atom stereocenters. The van der Waals surface area contributed by atoms with Gasteiger partial charge in [0.2, 0.25) is 10.0 Å². The van der Waals surface area contributed by atoms with Crippen LogP contribution in [0.3, 0.4) is 0 Å². The van der Waals surface area contributed by atoms with Gasteiger partial charge in [-0.1, -0.05) is 57.6 Å². The predicted molar refractivity (Wildman–Crippen MR) is 92.8 cm³/mol. The summed E-state index contributed by atoms with van der Waals surface area (Å²) >= 11 is 0. The van der Waals surface area contributed by atoms with Crippen LogP contribution in [0.25, 0.3) is 11.4 Å². The van der Waals surface area contributed by atoms with Crippen molar-refractivity contribution in [2.24, 2.45) is 0 Å². The summed E-state index contributed by atoms with van der Waals surface area (Å²) in [6.07, 6.45) is 8.04. The van der Waals surface area contributed by atoms with Gasteiger partial charge in [-0.25, -0.2) is 18.2 Å². The van der Waals surface area contributed by atoms with E-state index in [4.69, 9.17) is 0 Å². The van der Waals surface area contributed by atoms with Crippen molar-refractivity contribution in [2.75, 3.05) is 6.54 Å². The van der Waals surface area contributed by atoms with Crippen molar-refractivity contribution in [3.05, 3.63) is 24.3 Å². The SMILES string of the molecule is CCCCCCCCCNS(=O)(=O)c1ccccc1-c1nnn[nH]1. The lowest BCUT2D eigenvalue weighted by Gasteiger charge is -2.09. The zero-order valence-electron chi connectivity index (χ0n) is 14.0. The molecule has 2 aromatic rings. The number of aromatic nitrogens is 4. The summed E-state index contributed by atoms with van der Waals surface area (Å²) in [5.41, 5.74) is 0.467. The van der Waals surface area contributed by atoms with E-state index in [1.165, 1.54) is 25.7 Å². The smallest absolute Gasteiger partial charge is 0.239 e. The highest BCUT2D eigenvalue weighted by atomic mass is 32.2. The molecular formula is C16H25N5O2S. The van der Waals surface area contributed by atoms with E-state index < -0.39 is 10.0 Å². The third-order valence-corrected chi connectivity index (χ3v) is 5.37. The molecule has 2 N–H and O–H groups in total. The van der Waals surface area contributed by atoms with Crippen LogP contribution in [0.2, 0.25) is 0 Å². The molecule has 1 heterocycles. The Kier molecular flexibility index (Phi) is 7.33. The maximum Gasteiger partial charge on any atom is 0.241 e. The topological polar surface area (TPSA) is 101 Å². The monoisotopic (exact) mass is 351 g/mol. The number of hydrogen-bond donors (Lipinski definition) is 2. The maximum atomic E-state index is 12.5. The number of unbranched alkanes of at least 4 members (excludes halogenated alkanes) is 6. The minimum Gasteiger partial charge on any atom is -0.239 e. The highest BCUT2D eigenvalue weighted by molar-refractivity contribution is 7.89. The van der Waals surface area contributed by atoms with Crippen molar-refractivity contribution in [3.8, 4) is 11.4 Å². The van der Waals surface area contributed by atoms with Crippen LogP contribution in [0, 0.1) is 0 Å². The minimum atomic E-state index is -3.58. The van der Waals surface area contributed by atoms with Gasteiger partial charge in [0.15, 0.2) is 5.82 Å². The standard InChI is InChI=1S/C16H25N5O2S/c1-2-3-4-5-6-7-10-13-17-24(22,23)15-12-9-8-11-14(15)16-18-20-21-19-16/h8-9,11-12,17H,2-7,10,13H2,1H3,(H,18,19,20,21). The number of sulfonamides is 1. The number of H-pyrrole nitrogens is 1. The summed E-state index contributed by atoms with van der Waals surface area (Å²) < 4.78 is 27.7. The van der Waals surface area contributed by atoms with Crippen molar-refractivity contribution in [1.29, 1.82) is 0 Å². The van der Waals surface area contributed by atoms with Gasteiger partial charge in [-0.15, -0.1) is 5.10 Å². The highest BCUT2D eigenvalue weighted by Crippen LogP contribution is 2.23. The third-order valence-electron chi connectivity index (χ3n) is 3.85. The van der Waals surface area contributed by atoms with Crippen LogP contribution in [-0.2, 0) is 10.0 Å². The number of benzene rings is 1. The Morgan fingerprint density at radius 1 is 1.04 bits per heavy atom. The molecule has 1 aromatic heterocycles. The molecule has 0 bridgehead atoms. The Balaban J connectivity index is 1.88. The van der Waals surface area contributed by atoms with Gasteiger partial charge >= 0.3 is 0 Å². The first-order valence-corrected chi connectivity index (χ1v) is 9.96. The first kappa shape index (κ1) is 18.5. The van der Waals surface area contributed by atoms with E-state index in [9.17, 15) is 8.42 Å². The second kappa shape index (κ2) is 9.48. The molecule has 0 aliphatic carbocycles. The third kappa shape index (κ3) is 5.38. The first-order valence-electron chi connectivity index (χ1n) is 8.48. The lowest BCUT2D eigenvalue weighted by Crippen LogP contribution is -2.25. The van der Waals surface area contributed by atoms with E-state index >= 15 is 0 Å². The van der Waals surface area contributed by atoms with Crippen LogP contribution in [0.15, 0.2) is 29.2 Å². The van der Waals surface area contributed by atoms with Gasteiger partial charge in [-0.3, -0.25) is 0 Å². The largest absolute Gasteiger partial charge is 0.241 e. The average molecular weight is 351 g/mol. The summed E-state index contributed by atoms with van der Waals surface area (Å²) in [4.78, 5) is 0.187. The van der Waals surface area contributed by atoms with Crippen LogP contribution in [0.5, 0.6) is 0 Å². The fraction of sp³-hybridized carbons (Fsp3) is 0.562. The van der Waals surface area contributed by atoms with Gasteiger partial charge in [0, 0.05) is 12.1 Å². The lowest BCUT2D eigenvalue weighted by molar-refractivity contribution is 0.564. The lowest BCUT2D eigenvalue weighted by atomic mass is 10.1. The van der Waals surface area contributed by atoms with E-state index in [1.54, 1.807) is 24.3 Å². The number of rotatable bonds is 11. The van der Waals surface area contributed by atoms with Gasteiger partial charge in [0.25, 0.3) is 0 Å². The quantitative estimate of drug-likeness (QED) is 0.606. The van der Waals surface area contributed by atoms with Gasteiger partial charge in [0.1, 0.15) is 0 Å². The van der Waals surface area contributed by atoms with Crippen molar-refractivity contribution in [2.45, 2.75) is 56.8 Å². The molecule has 8 heteroatoms. The molecule has 0 fully saturated rings. The number of hydrogen-bond acceptors (Lipinski definition) is 5. The van der Waals surface area contributed by atoms with Crippen LogP contribution in [-0.4, -0.2) is 35.6 Å². The van der Waals surface area contributed by atoms with E-state index in [-0.39, 0.29) is 4.90 Å². The van der Waals surface area contributed by atoms with Gasteiger partial charge in [-0.2, -0.15) is 0 Å². The molecule has 132 valence electrons. The molecule has 0 atom stereocenters. The summed E-state index contributed by atoms with van der Waals surface area (Å²) in [5, 5.41) is 13.4. The van der Waals surface area contributed by atoms with Gasteiger partial charge in [-0.05, 0) is 29.0 Å². The van der Waals surface area contributed by atoms with Crippen LogP contribution < -0.4 is 4.72 Å². The molecule has 0 spiro atoms. The average Bonchev–Trinajstić information content (AvgIpc) is 3.12. The van der Waals surface area contributed by atoms with Gasteiger partial charge in [0.05, 0.1) is 4.90 Å². The molecule has 7 nitrogen and oxygen atoms in total. The summed E-state index contributed by atoms with van der Waals surface area (Å²) in [6, 6.07) is 6.69. The van der Waals surface area contributed by atoms with Crippen molar-refractivity contribution >= 4 is 10.0 Å². The Morgan fingerprint density at radius 2 is 1.75 bits per heavy atom. The second-order valence-electron chi connectivity index (χ2n) is 5.77. The Morgan fingerprint density at radius 3 is 2.46 bits per heavy atom. The number of nitrogens with one attached hydrogen (secondary N) is 2. The molecular weight excluding hydrogens is 326 g/mol. The Bertz CT molecular complexity index is 701. The first-order chi connectivity index (χ1) is 11.6. The minimum absolute atomic E-state index is 0.187. The van der Waals surface area contributed by atoms with Crippen molar-refractivity contribution < 1.29 is 8.42 Å². The van der Waals surface area contributed by atoms with Crippen LogP contribution in [0.1, 0.15) is 51.9 Å². The predicted octanol–water partition coefficient (Wildman–Crippen LogP) is 2.90. The molecule has 2 rings (SSSR count). The fourth-order valence-electron chi connectivity index (χ4n) is 2.54.